The van der Waals surface area contributed by atoms with Crippen molar-refractivity contribution in [3.63, 3.8) is 0 Å². The van der Waals surface area contributed by atoms with Crippen LogP contribution in [0.25, 0.3) is 11.3 Å². The Balaban J connectivity index is 0.00000261. The van der Waals surface area contributed by atoms with Crippen molar-refractivity contribution in [1.29, 1.82) is 0 Å². The van der Waals surface area contributed by atoms with Crippen molar-refractivity contribution in [1.82, 2.24) is 4.98 Å². The maximum absolute atomic E-state index is 12.2. The van der Waals surface area contributed by atoms with Gasteiger partial charge in [-0.3, -0.25) is 4.79 Å². The van der Waals surface area contributed by atoms with Gasteiger partial charge in [0.2, 0.25) is 5.91 Å². The summed E-state index contributed by atoms with van der Waals surface area (Å²) in [5, 5.41) is 3.19. The van der Waals surface area contributed by atoms with Crippen molar-refractivity contribution in [2.75, 3.05) is 17.3 Å². The number of nitrogens with two attached hydrogens (primary N) is 1. The highest BCUT2D eigenvalue weighted by Crippen LogP contribution is 2.33. The molecular weight excluding hydrogens is 406 g/mol. The number of carbonyl (C=O) groups excluding carboxylic acids is 1. The van der Waals surface area contributed by atoms with E-state index in [0.717, 1.165) is 35.2 Å². The molecule has 1 aromatic heterocycles. The highest BCUT2D eigenvalue weighted by molar-refractivity contribution is 7.90. The van der Waals surface area contributed by atoms with Gasteiger partial charge in [0.25, 0.3) is 0 Å². The van der Waals surface area contributed by atoms with E-state index in [-0.39, 0.29) is 24.6 Å². The molecular formula is C18H24ClN3O3S2. The first-order valence-corrected chi connectivity index (χ1v) is 11.4. The van der Waals surface area contributed by atoms with Crippen LogP contribution in [0.4, 0.5) is 5.13 Å². The summed E-state index contributed by atoms with van der Waals surface area (Å²) in [7, 11) is -3.14. The largest absolute Gasteiger partial charge is 0.320 e. The molecule has 1 aliphatic rings. The Bertz CT molecular complexity index is 941. The van der Waals surface area contributed by atoms with Crippen molar-refractivity contribution >= 4 is 44.6 Å². The minimum absolute atomic E-state index is 0. The molecule has 0 aliphatic heterocycles. The van der Waals surface area contributed by atoms with Crippen LogP contribution in [0.1, 0.15) is 28.8 Å². The van der Waals surface area contributed by atoms with Gasteiger partial charge in [-0.15, -0.1) is 23.7 Å². The number of thiazole rings is 1. The molecule has 0 fully saturated rings. The van der Waals surface area contributed by atoms with Gasteiger partial charge >= 0.3 is 0 Å². The van der Waals surface area contributed by atoms with Crippen LogP contribution in [0.15, 0.2) is 18.2 Å². The summed E-state index contributed by atoms with van der Waals surface area (Å²) in [4.78, 5) is 17.7. The average Bonchev–Trinajstić information content (AvgIpc) is 3.17. The van der Waals surface area contributed by atoms with Crippen molar-refractivity contribution in [3.8, 4) is 11.3 Å². The molecule has 1 aliphatic carbocycles. The summed E-state index contributed by atoms with van der Waals surface area (Å²) < 4.78 is 22.4. The van der Waals surface area contributed by atoms with Crippen LogP contribution >= 0.6 is 23.7 Å². The minimum Gasteiger partial charge on any atom is -0.320 e. The number of hydrogen-bond donors (Lipinski definition) is 2. The van der Waals surface area contributed by atoms with E-state index < -0.39 is 21.8 Å². The van der Waals surface area contributed by atoms with Crippen molar-refractivity contribution in [2.45, 2.75) is 38.6 Å². The molecule has 1 aromatic carbocycles. The van der Waals surface area contributed by atoms with Gasteiger partial charge in [-0.2, -0.15) is 0 Å². The Morgan fingerprint density at radius 2 is 2.04 bits per heavy atom. The number of aromatic nitrogens is 1. The smallest absolute Gasteiger partial charge is 0.243 e. The van der Waals surface area contributed by atoms with E-state index in [1.54, 1.807) is 0 Å². The quantitative estimate of drug-likeness (QED) is 0.734. The predicted octanol–water partition coefficient (Wildman–Crippen LogP) is 2.73. The first kappa shape index (κ1) is 21.8. The maximum Gasteiger partial charge on any atom is 0.243 e. The number of halogens is 1. The lowest BCUT2D eigenvalue weighted by Gasteiger charge is -2.09. The summed E-state index contributed by atoms with van der Waals surface area (Å²) >= 11 is 1.39. The van der Waals surface area contributed by atoms with Gasteiger partial charge in [0.15, 0.2) is 5.13 Å². The second kappa shape index (κ2) is 8.68. The zero-order valence-electron chi connectivity index (χ0n) is 15.3. The number of fused-ring (bicyclic) bond motifs is 1. The lowest BCUT2D eigenvalue weighted by molar-refractivity contribution is -0.117. The summed E-state index contributed by atoms with van der Waals surface area (Å²) in [5.41, 5.74) is 10.5. The maximum atomic E-state index is 12.2. The molecule has 6 nitrogen and oxygen atoms in total. The number of amides is 1. The average molecular weight is 430 g/mol. The van der Waals surface area contributed by atoms with Gasteiger partial charge in [-0.25, -0.2) is 13.4 Å². The Morgan fingerprint density at radius 1 is 1.33 bits per heavy atom. The fourth-order valence-electron chi connectivity index (χ4n) is 3.11. The van der Waals surface area contributed by atoms with Gasteiger partial charge in [0.05, 0.1) is 17.5 Å². The van der Waals surface area contributed by atoms with Gasteiger partial charge in [0.1, 0.15) is 9.84 Å². The minimum atomic E-state index is -3.14. The van der Waals surface area contributed by atoms with Crippen LogP contribution < -0.4 is 11.1 Å². The Kier molecular flexibility index (Phi) is 7.02. The van der Waals surface area contributed by atoms with Crippen molar-refractivity contribution in [2.24, 2.45) is 5.73 Å². The molecule has 1 heterocycles. The van der Waals surface area contributed by atoms with E-state index in [2.05, 4.69) is 28.5 Å². The molecule has 3 rings (SSSR count). The van der Waals surface area contributed by atoms with Gasteiger partial charge < -0.3 is 11.1 Å². The van der Waals surface area contributed by atoms with Crippen LogP contribution in [-0.4, -0.2) is 37.4 Å². The third-order valence-electron chi connectivity index (χ3n) is 4.54. The zero-order chi connectivity index (χ0) is 18.9. The Labute approximate surface area is 169 Å². The third kappa shape index (κ3) is 5.51. The topological polar surface area (TPSA) is 102 Å². The van der Waals surface area contributed by atoms with Gasteiger partial charge in [-0.05, 0) is 49.8 Å². The molecule has 1 atom stereocenters. The van der Waals surface area contributed by atoms with Gasteiger partial charge in [-0.1, -0.05) is 12.1 Å². The number of nitrogens with one attached hydrogen (secondary N) is 1. The molecule has 0 spiro atoms. The Morgan fingerprint density at radius 3 is 2.74 bits per heavy atom. The van der Waals surface area contributed by atoms with E-state index in [1.807, 2.05) is 6.92 Å². The van der Waals surface area contributed by atoms with E-state index in [1.165, 1.54) is 28.9 Å². The third-order valence-corrected chi connectivity index (χ3v) is 6.40. The number of anilines is 1. The molecule has 0 bridgehead atoms. The van der Waals surface area contributed by atoms with Crippen molar-refractivity contribution < 1.29 is 13.2 Å². The summed E-state index contributed by atoms with van der Waals surface area (Å²) in [5.74, 6) is -0.526. The molecule has 3 N–H and O–H groups in total. The highest BCUT2D eigenvalue weighted by Gasteiger charge is 2.19. The number of aryl methyl sites for hydroxylation is 3. The van der Waals surface area contributed by atoms with Crippen LogP contribution in [0.3, 0.4) is 0 Å². The van der Waals surface area contributed by atoms with Crippen LogP contribution in [0.2, 0.25) is 0 Å². The van der Waals surface area contributed by atoms with E-state index in [0.29, 0.717) is 5.13 Å². The number of carbonyl (C=O) groups is 1. The molecule has 0 saturated heterocycles. The summed E-state index contributed by atoms with van der Waals surface area (Å²) in [6, 6.07) is 5.55. The lowest BCUT2D eigenvalue weighted by atomic mass is 10.0. The molecule has 1 unspecified atom stereocenters. The van der Waals surface area contributed by atoms with Crippen molar-refractivity contribution in [3.05, 3.63) is 34.2 Å². The number of hydrogen-bond acceptors (Lipinski definition) is 6. The first-order chi connectivity index (χ1) is 12.2. The van der Waals surface area contributed by atoms with Crippen LogP contribution in [0.5, 0.6) is 0 Å². The number of benzene rings is 1. The van der Waals surface area contributed by atoms with Crippen LogP contribution in [-0.2, 0) is 27.5 Å². The number of nitrogens with zero attached hydrogens (tertiary/aromatic N) is 1. The standard InChI is InChI=1S/C18H23N3O3S2.ClH/c1-11-16(14-7-6-12-4-3-5-13(12)10-14)20-18(25-11)21-17(22)15(19)8-9-26(2,23)24;/h6-7,10,15H,3-5,8-9,19H2,1-2H3,(H,20,21,22);1H. The zero-order valence-corrected chi connectivity index (χ0v) is 17.8. The monoisotopic (exact) mass is 429 g/mol. The van der Waals surface area contributed by atoms with E-state index in [4.69, 9.17) is 5.73 Å². The fraction of sp³-hybridized carbons (Fsp3) is 0.444. The molecule has 0 saturated carbocycles. The van der Waals surface area contributed by atoms with E-state index >= 15 is 0 Å². The second-order valence-electron chi connectivity index (χ2n) is 6.78. The molecule has 27 heavy (non-hydrogen) atoms. The summed E-state index contributed by atoms with van der Waals surface area (Å²) in [6.45, 7) is 1.97. The summed E-state index contributed by atoms with van der Waals surface area (Å²) in [6.07, 6.45) is 4.66. The van der Waals surface area contributed by atoms with Crippen LogP contribution in [0, 0.1) is 6.92 Å². The Hall–Kier alpha value is -1.48. The molecule has 1 amide bonds. The van der Waals surface area contributed by atoms with E-state index in [9.17, 15) is 13.2 Å². The SMILES string of the molecule is Cc1sc(NC(=O)C(N)CCS(C)(=O)=O)nc1-c1ccc2c(c1)CCC2.Cl. The normalized spacial score (nSPS) is 14.3. The molecule has 148 valence electrons. The first-order valence-electron chi connectivity index (χ1n) is 8.57. The second-order valence-corrected chi connectivity index (χ2v) is 10.2. The molecule has 9 heteroatoms. The molecule has 0 radical (unpaired) electrons. The molecule has 2 aromatic rings. The highest BCUT2D eigenvalue weighted by atomic mass is 35.5. The fourth-order valence-corrected chi connectivity index (χ4v) is 4.63. The van der Waals surface area contributed by atoms with Gasteiger partial charge in [0, 0.05) is 16.7 Å². The predicted molar refractivity (Wildman–Crippen MR) is 112 cm³/mol. The number of sulfone groups is 1. The lowest BCUT2D eigenvalue weighted by Crippen LogP contribution is -2.37. The number of rotatable bonds is 6.